The summed E-state index contributed by atoms with van der Waals surface area (Å²) in [5, 5.41) is 7.93. The van der Waals surface area contributed by atoms with E-state index < -0.39 is 0 Å². The SMILES string of the molecule is CC(C)Cn1nccc1NC(C)CC1CC1. The zero-order valence-corrected chi connectivity index (χ0v) is 10.6. The third-order valence-corrected chi connectivity index (χ3v) is 3.03. The molecular weight excluding hydrogens is 198 g/mol. The van der Waals surface area contributed by atoms with Crippen LogP contribution < -0.4 is 5.32 Å². The van der Waals surface area contributed by atoms with Crippen molar-refractivity contribution in [1.82, 2.24) is 9.78 Å². The van der Waals surface area contributed by atoms with Crippen molar-refractivity contribution in [2.75, 3.05) is 5.32 Å². The van der Waals surface area contributed by atoms with Gasteiger partial charge in [-0.15, -0.1) is 0 Å². The van der Waals surface area contributed by atoms with Crippen LogP contribution in [0.4, 0.5) is 5.82 Å². The van der Waals surface area contributed by atoms with E-state index in [1.54, 1.807) is 0 Å². The van der Waals surface area contributed by atoms with Crippen molar-refractivity contribution < 1.29 is 0 Å². The molecule has 0 spiro atoms. The van der Waals surface area contributed by atoms with Gasteiger partial charge in [0.1, 0.15) is 5.82 Å². The summed E-state index contributed by atoms with van der Waals surface area (Å²) in [6, 6.07) is 2.64. The molecule has 1 atom stereocenters. The molecule has 16 heavy (non-hydrogen) atoms. The molecule has 1 aliphatic carbocycles. The third-order valence-electron chi connectivity index (χ3n) is 3.03. The van der Waals surface area contributed by atoms with Gasteiger partial charge < -0.3 is 5.32 Å². The quantitative estimate of drug-likeness (QED) is 0.799. The summed E-state index contributed by atoms with van der Waals surface area (Å²) in [7, 11) is 0. The third kappa shape index (κ3) is 3.26. The van der Waals surface area contributed by atoms with E-state index in [2.05, 4.69) is 41.9 Å². The molecule has 1 fully saturated rings. The van der Waals surface area contributed by atoms with Gasteiger partial charge in [-0.3, -0.25) is 0 Å². The van der Waals surface area contributed by atoms with Crippen LogP contribution in [-0.4, -0.2) is 15.8 Å². The summed E-state index contributed by atoms with van der Waals surface area (Å²) < 4.78 is 2.08. The van der Waals surface area contributed by atoms with Gasteiger partial charge in [0.25, 0.3) is 0 Å². The van der Waals surface area contributed by atoms with Crippen LogP contribution in [-0.2, 0) is 6.54 Å². The fraction of sp³-hybridized carbons (Fsp3) is 0.769. The lowest BCUT2D eigenvalue weighted by Crippen LogP contribution is -2.19. The van der Waals surface area contributed by atoms with E-state index in [-0.39, 0.29) is 0 Å². The van der Waals surface area contributed by atoms with Gasteiger partial charge in [-0.25, -0.2) is 4.68 Å². The highest BCUT2D eigenvalue weighted by molar-refractivity contribution is 5.34. The molecule has 1 saturated carbocycles. The molecule has 0 aliphatic heterocycles. The normalized spacial score (nSPS) is 17.8. The lowest BCUT2D eigenvalue weighted by Gasteiger charge is -2.17. The van der Waals surface area contributed by atoms with E-state index >= 15 is 0 Å². The van der Waals surface area contributed by atoms with Gasteiger partial charge in [-0.2, -0.15) is 5.10 Å². The van der Waals surface area contributed by atoms with Crippen LogP contribution in [0.2, 0.25) is 0 Å². The largest absolute Gasteiger partial charge is 0.368 e. The van der Waals surface area contributed by atoms with Gasteiger partial charge in [0.2, 0.25) is 0 Å². The second-order valence-corrected chi connectivity index (χ2v) is 5.52. The Morgan fingerprint density at radius 1 is 1.44 bits per heavy atom. The van der Waals surface area contributed by atoms with Crippen LogP contribution in [0.1, 0.15) is 40.0 Å². The van der Waals surface area contributed by atoms with E-state index in [9.17, 15) is 0 Å². The van der Waals surface area contributed by atoms with Crippen LogP contribution in [0.5, 0.6) is 0 Å². The molecule has 1 heterocycles. The van der Waals surface area contributed by atoms with Crippen LogP contribution in [0, 0.1) is 11.8 Å². The number of hydrogen-bond donors (Lipinski definition) is 1. The first kappa shape index (κ1) is 11.5. The van der Waals surface area contributed by atoms with Gasteiger partial charge in [0.05, 0.1) is 6.20 Å². The average molecular weight is 221 g/mol. The highest BCUT2D eigenvalue weighted by Gasteiger charge is 2.23. The molecular formula is C13H23N3. The molecule has 1 aromatic heterocycles. The second-order valence-electron chi connectivity index (χ2n) is 5.52. The zero-order valence-electron chi connectivity index (χ0n) is 10.6. The minimum atomic E-state index is 0.565. The Bertz CT molecular complexity index is 326. The minimum Gasteiger partial charge on any atom is -0.368 e. The molecule has 1 aromatic rings. The Hall–Kier alpha value is -0.990. The van der Waals surface area contributed by atoms with Crippen molar-refractivity contribution in [3.05, 3.63) is 12.3 Å². The van der Waals surface area contributed by atoms with Gasteiger partial charge >= 0.3 is 0 Å². The fourth-order valence-electron chi connectivity index (χ4n) is 2.11. The van der Waals surface area contributed by atoms with Crippen molar-refractivity contribution in [2.45, 2.75) is 52.6 Å². The first-order valence-corrected chi connectivity index (χ1v) is 6.43. The maximum Gasteiger partial charge on any atom is 0.124 e. The van der Waals surface area contributed by atoms with E-state index in [0.29, 0.717) is 12.0 Å². The lowest BCUT2D eigenvalue weighted by molar-refractivity contribution is 0.484. The first-order chi connectivity index (χ1) is 7.65. The number of nitrogens with zero attached hydrogens (tertiary/aromatic N) is 2. The summed E-state index contributed by atoms with van der Waals surface area (Å²) in [4.78, 5) is 0. The molecule has 0 radical (unpaired) electrons. The zero-order chi connectivity index (χ0) is 11.5. The number of hydrogen-bond acceptors (Lipinski definition) is 2. The molecule has 0 amide bonds. The molecule has 0 saturated heterocycles. The summed E-state index contributed by atoms with van der Waals surface area (Å²) in [5.74, 6) is 2.78. The minimum absolute atomic E-state index is 0.565. The molecule has 1 unspecified atom stereocenters. The Labute approximate surface area is 98.2 Å². The van der Waals surface area contributed by atoms with Crippen LogP contribution in [0.15, 0.2) is 12.3 Å². The van der Waals surface area contributed by atoms with Crippen LogP contribution in [0.3, 0.4) is 0 Å². The molecule has 0 aromatic carbocycles. The molecule has 2 rings (SSSR count). The highest BCUT2D eigenvalue weighted by atomic mass is 15.3. The van der Waals surface area contributed by atoms with Gasteiger partial charge in [-0.1, -0.05) is 26.7 Å². The predicted molar refractivity (Wildman–Crippen MR) is 67.5 cm³/mol. The maximum atomic E-state index is 4.36. The van der Waals surface area contributed by atoms with Crippen molar-refractivity contribution in [1.29, 1.82) is 0 Å². The first-order valence-electron chi connectivity index (χ1n) is 6.43. The summed E-state index contributed by atoms with van der Waals surface area (Å²) in [5.41, 5.74) is 0. The number of aromatic nitrogens is 2. The van der Waals surface area contributed by atoms with E-state index in [0.717, 1.165) is 12.5 Å². The Morgan fingerprint density at radius 2 is 2.19 bits per heavy atom. The lowest BCUT2D eigenvalue weighted by atomic mass is 10.1. The highest BCUT2D eigenvalue weighted by Crippen LogP contribution is 2.34. The van der Waals surface area contributed by atoms with Gasteiger partial charge in [0, 0.05) is 18.7 Å². The molecule has 0 bridgehead atoms. The van der Waals surface area contributed by atoms with Crippen molar-refractivity contribution in [3.8, 4) is 0 Å². The second kappa shape index (κ2) is 4.89. The molecule has 1 N–H and O–H groups in total. The fourth-order valence-corrected chi connectivity index (χ4v) is 2.11. The number of nitrogens with one attached hydrogen (secondary N) is 1. The molecule has 3 nitrogen and oxygen atoms in total. The Morgan fingerprint density at radius 3 is 2.81 bits per heavy atom. The van der Waals surface area contributed by atoms with Crippen molar-refractivity contribution in [2.24, 2.45) is 11.8 Å². The monoisotopic (exact) mass is 221 g/mol. The Kier molecular flexibility index (Phi) is 3.52. The van der Waals surface area contributed by atoms with Crippen molar-refractivity contribution in [3.63, 3.8) is 0 Å². The summed E-state index contributed by atoms with van der Waals surface area (Å²) >= 11 is 0. The van der Waals surface area contributed by atoms with Gasteiger partial charge in [-0.05, 0) is 25.2 Å². The van der Waals surface area contributed by atoms with E-state index in [1.807, 2.05) is 6.20 Å². The Balaban J connectivity index is 1.89. The smallest absolute Gasteiger partial charge is 0.124 e. The van der Waals surface area contributed by atoms with Crippen LogP contribution >= 0.6 is 0 Å². The predicted octanol–water partition coefficient (Wildman–Crippen LogP) is 3.14. The van der Waals surface area contributed by atoms with E-state index in [4.69, 9.17) is 0 Å². The maximum absolute atomic E-state index is 4.36. The van der Waals surface area contributed by atoms with Crippen molar-refractivity contribution >= 4 is 5.82 Å². The molecule has 90 valence electrons. The number of anilines is 1. The van der Waals surface area contributed by atoms with E-state index in [1.165, 1.54) is 25.1 Å². The summed E-state index contributed by atoms with van der Waals surface area (Å²) in [6.45, 7) is 7.70. The van der Waals surface area contributed by atoms with Crippen LogP contribution in [0.25, 0.3) is 0 Å². The molecule has 3 heteroatoms. The average Bonchev–Trinajstić information content (AvgIpc) is 2.89. The molecule has 1 aliphatic rings. The van der Waals surface area contributed by atoms with Gasteiger partial charge in [0.15, 0.2) is 0 Å². The topological polar surface area (TPSA) is 29.9 Å². The standard InChI is InChI=1S/C13H23N3/c1-10(2)9-16-13(6-7-14-16)15-11(3)8-12-4-5-12/h6-7,10-12,15H,4-5,8-9H2,1-3H3. The number of rotatable bonds is 6. The summed E-state index contributed by atoms with van der Waals surface area (Å²) in [6.07, 6.45) is 6.04.